The second-order valence-corrected chi connectivity index (χ2v) is 21.4. The third kappa shape index (κ3) is 11.9. The molecule has 1 spiro atoms. The molecular weight excluding hydrogens is 973 g/mol. The molecule has 1 aliphatic carbocycles. The van der Waals surface area contributed by atoms with E-state index in [1.807, 2.05) is 13.8 Å². The SMILES string of the molecule is CC(=O)O[C@H]1[C@H](C)[C@H](O)[C@H](C)[C@@H](O)[C@@H](C)/C=C/C=C(/C)C(=O)NC2=C(O)c3c(O)c(C)c4c(c3C3=NC5(CCN(CC(C)C)CC5)N(C(=O)OCOC(=O)CCCC(C=O)C=O)C32)C(=O)[C@@](C)(O/C=C/[C@H](C)[C@H]1C)O4. The molecule has 1 saturated heterocycles. The lowest BCUT2D eigenvalue weighted by Crippen LogP contribution is -2.59. The van der Waals surface area contributed by atoms with E-state index in [9.17, 15) is 49.2 Å². The number of likely N-dealkylation sites (tertiary alicyclic amines) is 1. The highest BCUT2D eigenvalue weighted by Gasteiger charge is 2.60. The number of ether oxygens (including phenoxy) is 5. The highest BCUT2D eigenvalue weighted by molar-refractivity contribution is 6.24. The maximum atomic E-state index is 15.1. The minimum Gasteiger partial charge on any atom is -0.507 e. The van der Waals surface area contributed by atoms with Crippen molar-refractivity contribution in [2.75, 3.05) is 26.4 Å². The number of allylic oxidation sites excluding steroid dienone is 3. The van der Waals surface area contributed by atoms with Crippen LogP contribution in [-0.2, 0) is 42.9 Å². The van der Waals surface area contributed by atoms with Crippen LogP contribution in [0.25, 0.3) is 5.76 Å². The number of aldehydes is 2. The molecule has 1 unspecified atom stereocenters. The Bertz CT molecular complexity index is 2550. The van der Waals surface area contributed by atoms with E-state index in [1.54, 1.807) is 39.0 Å². The van der Waals surface area contributed by atoms with Crippen molar-refractivity contribution in [3.8, 4) is 11.5 Å². The maximum Gasteiger partial charge on any atom is 0.415 e. The summed E-state index contributed by atoms with van der Waals surface area (Å²) in [4.78, 5) is 101. The van der Waals surface area contributed by atoms with Crippen LogP contribution in [0.3, 0.4) is 0 Å². The van der Waals surface area contributed by atoms with Crippen molar-refractivity contribution < 1.29 is 77.7 Å². The lowest BCUT2D eigenvalue weighted by Gasteiger charge is -2.45. The van der Waals surface area contributed by atoms with E-state index < -0.39 is 119 Å². The van der Waals surface area contributed by atoms with Gasteiger partial charge in [0.2, 0.25) is 6.79 Å². The summed E-state index contributed by atoms with van der Waals surface area (Å²) < 4.78 is 29.3. The average molecular weight is 1050 g/mol. The molecule has 10 atom stereocenters. The van der Waals surface area contributed by atoms with Gasteiger partial charge in [-0.05, 0) is 50.5 Å². The number of aliphatic imine (C=N–C) groups is 1. The number of piperidine rings is 1. The van der Waals surface area contributed by atoms with Crippen LogP contribution in [0, 0.1) is 48.3 Å². The van der Waals surface area contributed by atoms with Crippen molar-refractivity contribution >= 4 is 53.8 Å². The number of phenols is 1. The number of carbonyl (C=O) groups is 7. The summed E-state index contributed by atoms with van der Waals surface area (Å²) in [6.45, 7) is 19.4. The van der Waals surface area contributed by atoms with Gasteiger partial charge in [-0.3, -0.25) is 29.1 Å². The highest BCUT2D eigenvalue weighted by Crippen LogP contribution is 2.53. The smallest absolute Gasteiger partial charge is 0.415 e. The number of Topliss-reactive ketones (excluding diaryl/α,β-unsaturated/α-hetero) is 1. The number of amides is 2. The number of esters is 2. The van der Waals surface area contributed by atoms with Gasteiger partial charge < -0.3 is 63.9 Å². The summed E-state index contributed by atoms with van der Waals surface area (Å²) >= 11 is 0. The Kier molecular flexibility index (Phi) is 18.3. The number of aliphatic hydroxyl groups is 3. The van der Waals surface area contributed by atoms with E-state index in [0.717, 1.165) is 6.54 Å². The number of ketones is 1. The first-order valence-corrected chi connectivity index (χ1v) is 25.8. The van der Waals surface area contributed by atoms with Crippen molar-refractivity contribution in [1.82, 2.24) is 15.1 Å². The van der Waals surface area contributed by atoms with E-state index in [-0.39, 0.29) is 77.1 Å². The first-order chi connectivity index (χ1) is 35.3. The molecule has 5 heterocycles. The van der Waals surface area contributed by atoms with Crippen LogP contribution in [0.2, 0.25) is 0 Å². The van der Waals surface area contributed by atoms with E-state index in [4.69, 9.17) is 28.7 Å². The molecule has 5 N–H and O–H groups in total. The van der Waals surface area contributed by atoms with Crippen LogP contribution in [0.1, 0.15) is 128 Å². The number of hydrogen-bond donors (Lipinski definition) is 5. The topological polar surface area (TPSA) is 277 Å². The van der Waals surface area contributed by atoms with Gasteiger partial charge >= 0.3 is 23.8 Å². The Morgan fingerprint density at radius 2 is 1.59 bits per heavy atom. The molecule has 20 heteroatoms. The van der Waals surface area contributed by atoms with Crippen molar-refractivity contribution in [2.45, 2.75) is 144 Å². The molecule has 1 aromatic carbocycles. The van der Waals surface area contributed by atoms with Crippen LogP contribution in [0.4, 0.5) is 4.79 Å². The zero-order valence-electron chi connectivity index (χ0n) is 44.8. The fourth-order valence-corrected chi connectivity index (χ4v) is 10.7. The standard InChI is InChI=1S/C55H74N4O16/c1-28(2)24-58-21-19-55(20-22-58)57-42-39-40-47(66)35(9)50-41(39)51(68)54(11,75-50)73-23-18-29(3)32(6)49(74-36(10)62)34(8)46(65)33(7)45(64)30(4)14-12-15-31(5)52(69)56-43(48(40)67)44(42)59(55)53(70)72-27-71-38(63)17-13-16-37(25-60)26-61/h12,14-15,18,23,25-26,28-30,32-34,37,44-46,49,64-67H,13,16-17,19-22,24,27H2,1-11H3,(H,56,69)/b14-12+,23-18+,31-15-/t29-,30-,32+,33+,34+,44?,45-,46+,49+,54-/m0/s1. The fraction of sp³-hybridized carbons (Fsp3) is 0.600. The third-order valence-electron chi connectivity index (χ3n) is 15.4. The second-order valence-electron chi connectivity index (χ2n) is 21.4. The number of nitrogens with zero attached hydrogens (tertiary/aromatic N) is 3. The van der Waals surface area contributed by atoms with Gasteiger partial charge in [0.25, 0.3) is 11.7 Å². The van der Waals surface area contributed by atoms with E-state index in [2.05, 4.69) is 24.1 Å². The maximum absolute atomic E-state index is 15.1. The number of nitrogens with one attached hydrogen (secondary N) is 1. The minimum atomic E-state index is -2.08. The summed E-state index contributed by atoms with van der Waals surface area (Å²) in [5, 5.41) is 50.7. The molecule has 20 nitrogen and oxygen atoms in total. The normalized spacial score (nSPS) is 30.6. The summed E-state index contributed by atoms with van der Waals surface area (Å²) in [6.07, 6.45) is 4.94. The van der Waals surface area contributed by atoms with Gasteiger partial charge in [0.1, 0.15) is 47.6 Å². The van der Waals surface area contributed by atoms with E-state index in [0.29, 0.717) is 31.6 Å². The molecule has 0 aromatic heterocycles. The molecule has 0 saturated carbocycles. The number of benzene rings is 1. The number of aromatic hydroxyl groups is 1. The van der Waals surface area contributed by atoms with Gasteiger partial charge in [-0.1, -0.05) is 66.7 Å². The van der Waals surface area contributed by atoms with E-state index >= 15 is 4.79 Å². The lowest BCUT2D eigenvalue weighted by atomic mass is 9.77. The van der Waals surface area contributed by atoms with Crippen molar-refractivity contribution in [1.29, 1.82) is 0 Å². The molecule has 5 bridgehead atoms. The van der Waals surface area contributed by atoms with Gasteiger partial charge in [-0.25, -0.2) is 4.79 Å². The number of rotatable bonds is 11. The Morgan fingerprint density at radius 3 is 2.21 bits per heavy atom. The molecule has 1 aromatic rings. The zero-order chi connectivity index (χ0) is 55.4. The molecule has 410 valence electrons. The van der Waals surface area contributed by atoms with E-state index in [1.165, 1.54) is 44.9 Å². The minimum absolute atomic E-state index is 0.00995. The monoisotopic (exact) mass is 1050 g/mol. The first-order valence-electron chi connectivity index (χ1n) is 25.8. The molecule has 7 rings (SSSR count). The van der Waals surface area contributed by atoms with Crippen molar-refractivity contribution in [2.24, 2.45) is 46.4 Å². The quantitative estimate of drug-likeness (QED) is 0.0739. The molecular formula is C55H74N4O16. The Morgan fingerprint density at radius 1 is 0.920 bits per heavy atom. The van der Waals surface area contributed by atoms with Crippen LogP contribution in [0.5, 0.6) is 11.5 Å². The van der Waals surface area contributed by atoms with Crippen molar-refractivity contribution in [3.63, 3.8) is 0 Å². The average Bonchev–Trinajstić information content (AvgIpc) is 3.83. The number of hydrogen-bond acceptors (Lipinski definition) is 18. The summed E-state index contributed by atoms with van der Waals surface area (Å²) in [6, 6.07) is -1.50. The van der Waals surface area contributed by atoms with Gasteiger partial charge in [0, 0.05) is 87.2 Å². The molecule has 0 radical (unpaired) electrons. The third-order valence-corrected chi connectivity index (χ3v) is 15.4. The molecule has 1 fully saturated rings. The molecule has 5 aliphatic heterocycles. The Labute approximate surface area is 437 Å². The largest absolute Gasteiger partial charge is 0.507 e. The first kappa shape index (κ1) is 57.9. The molecule has 6 aliphatic rings. The van der Waals surface area contributed by atoms with Gasteiger partial charge in [0.05, 0.1) is 46.9 Å². The van der Waals surface area contributed by atoms with Crippen LogP contribution in [0.15, 0.2) is 46.8 Å². The number of carbonyl (C=O) groups excluding carboxylic acids is 7. The fourth-order valence-electron chi connectivity index (χ4n) is 10.7. The lowest BCUT2D eigenvalue weighted by molar-refractivity contribution is -0.158. The second kappa shape index (κ2) is 23.7. The van der Waals surface area contributed by atoms with Gasteiger partial charge in [-0.15, -0.1) is 0 Å². The predicted molar refractivity (Wildman–Crippen MR) is 273 cm³/mol. The summed E-state index contributed by atoms with van der Waals surface area (Å²) in [7, 11) is 0. The zero-order valence-corrected chi connectivity index (χ0v) is 44.8. The summed E-state index contributed by atoms with van der Waals surface area (Å²) in [5.41, 5.74) is -2.06. The predicted octanol–water partition coefficient (Wildman–Crippen LogP) is 5.97. The number of fused-ring (bicyclic) bond motifs is 13. The number of phenolic OH excluding ortho intramolecular Hbond substituents is 1. The Balaban J connectivity index is 1.50. The highest BCUT2D eigenvalue weighted by atomic mass is 16.7. The van der Waals surface area contributed by atoms with Crippen LogP contribution >= 0.6 is 0 Å². The van der Waals surface area contributed by atoms with Crippen LogP contribution < -0.4 is 10.1 Å². The van der Waals surface area contributed by atoms with Crippen LogP contribution in [-0.4, -0.2) is 140 Å². The van der Waals surface area contributed by atoms with Gasteiger partial charge in [-0.2, -0.15) is 0 Å². The number of aliphatic hydroxyl groups excluding tert-OH is 3. The van der Waals surface area contributed by atoms with Crippen molar-refractivity contribution in [3.05, 3.63) is 64.1 Å². The Hall–Kier alpha value is -6.38. The molecule has 75 heavy (non-hydrogen) atoms. The molecule has 2 amide bonds. The van der Waals surface area contributed by atoms with Gasteiger partial charge in [0.15, 0.2) is 0 Å². The summed E-state index contributed by atoms with van der Waals surface area (Å²) in [5.74, 6) is -9.57.